The minimum atomic E-state index is -0.777. The summed E-state index contributed by atoms with van der Waals surface area (Å²) in [5.74, 6) is 0.946. The Balaban J connectivity index is 2.69. The molecule has 2 amide bonds. The van der Waals surface area contributed by atoms with Crippen LogP contribution in [0.4, 0.5) is 0 Å². The van der Waals surface area contributed by atoms with Crippen molar-refractivity contribution in [3.8, 4) is 18.4 Å². The molecule has 0 fully saturated rings. The van der Waals surface area contributed by atoms with Crippen molar-refractivity contribution in [1.82, 2.24) is 10.6 Å². The van der Waals surface area contributed by atoms with Crippen molar-refractivity contribution in [3.05, 3.63) is 47.7 Å². The first-order chi connectivity index (χ1) is 9.19. The van der Waals surface area contributed by atoms with Crippen molar-refractivity contribution in [2.45, 2.75) is 0 Å². The van der Waals surface area contributed by atoms with E-state index in [1.54, 1.807) is 36.4 Å². The van der Waals surface area contributed by atoms with Crippen LogP contribution in [0, 0.1) is 23.7 Å². The number of amides is 2. The van der Waals surface area contributed by atoms with E-state index in [1.807, 2.05) is 0 Å². The minimum absolute atomic E-state index is 0.186. The maximum Gasteiger partial charge on any atom is 0.270 e. The minimum Gasteiger partial charge on any atom is -0.379 e. The molecule has 0 aliphatic rings. The van der Waals surface area contributed by atoms with Crippen LogP contribution in [0.1, 0.15) is 10.4 Å². The van der Waals surface area contributed by atoms with Gasteiger partial charge < -0.3 is 5.32 Å². The fourth-order valence-electron chi connectivity index (χ4n) is 1.19. The Morgan fingerprint density at radius 1 is 1.32 bits per heavy atom. The van der Waals surface area contributed by atoms with Gasteiger partial charge in [0.15, 0.2) is 0 Å². The van der Waals surface area contributed by atoms with Crippen LogP contribution < -0.4 is 10.6 Å². The monoisotopic (exact) mass is 253 g/mol. The molecule has 0 radical (unpaired) electrons. The van der Waals surface area contributed by atoms with Crippen LogP contribution in [0.2, 0.25) is 0 Å². The fourth-order valence-corrected chi connectivity index (χ4v) is 1.19. The Labute approximate surface area is 110 Å². The Hall–Kier alpha value is -3.05. The highest BCUT2D eigenvalue weighted by atomic mass is 16.2. The zero-order chi connectivity index (χ0) is 14.1. The second-order valence-corrected chi connectivity index (χ2v) is 3.40. The number of rotatable bonds is 4. The van der Waals surface area contributed by atoms with Gasteiger partial charge in [-0.05, 0) is 12.1 Å². The summed E-state index contributed by atoms with van der Waals surface area (Å²) in [6, 6.07) is 9.92. The summed E-state index contributed by atoms with van der Waals surface area (Å²) in [6.45, 7) is 0.186. The van der Waals surface area contributed by atoms with Crippen molar-refractivity contribution in [2.75, 3.05) is 6.54 Å². The number of hydrogen-bond donors (Lipinski definition) is 2. The van der Waals surface area contributed by atoms with Gasteiger partial charge in [-0.2, -0.15) is 5.26 Å². The number of terminal acetylenes is 1. The fraction of sp³-hybridized carbons (Fsp3) is 0.0714. The molecule has 0 heterocycles. The number of hydrogen-bond acceptors (Lipinski definition) is 4. The van der Waals surface area contributed by atoms with Gasteiger partial charge in [-0.15, -0.1) is 6.42 Å². The standard InChI is InChI=1S/C14H11N3O2/c1-2-8-16-10-12(9-15)14(19)17-13(18)11-6-4-3-5-7-11/h1,3-7,10,16H,8H2,(H,17,18,19)/b12-10-. The highest BCUT2D eigenvalue weighted by Gasteiger charge is 2.13. The summed E-state index contributed by atoms with van der Waals surface area (Å²) in [6.07, 6.45) is 6.18. The van der Waals surface area contributed by atoms with E-state index in [9.17, 15) is 9.59 Å². The molecular weight excluding hydrogens is 242 g/mol. The third-order valence-corrected chi connectivity index (χ3v) is 2.08. The SMILES string of the molecule is C#CCN/C=C(/C#N)C(=O)NC(=O)c1ccccc1. The van der Waals surface area contributed by atoms with E-state index >= 15 is 0 Å². The number of carbonyl (C=O) groups is 2. The Morgan fingerprint density at radius 2 is 2.00 bits per heavy atom. The molecule has 0 saturated carbocycles. The number of nitrogens with zero attached hydrogens (tertiary/aromatic N) is 1. The summed E-state index contributed by atoms with van der Waals surface area (Å²) in [4.78, 5) is 23.3. The number of benzene rings is 1. The Kier molecular flexibility index (Phi) is 5.39. The lowest BCUT2D eigenvalue weighted by Crippen LogP contribution is -2.31. The quantitative estimate of drug-likeness (QED) is 0.356. The largest absolute Gasteiger partial charge is 0.379 e. The van der Waals surface area contributed by atoms with Crippen LogP contribution in [-0.2, 0) is 4.79 Å². The van der Waals surface area contributed by atoms with Gasteiger partial charge >= 0.3 is 0 Å². The number of imide groups is 1. The predicted molar refractivity (Wildman–Crippen MR) is 69.4 cm³/mol. The van der Waals surface area contributed by atoms with Crippen LogP contribution in [0.15, 0.2) is 42.1 Å². The molecule has 0 bridgehead atoms. The van der Waals surface area contributed by atoms with Gasteiger partial charge in [0, 0.05) is 11.8 Å². The van der Waals surface area contributed by atoms with Gasteiger partial charge in [0.05, 0.1) is 6.54 Å². The van der Waals surface area contributed by atoms with Gasteiger partial charge in [-0.25, -0.2) is 0 Å². The molecule has 5 heteroatoms. The molecule has 0 aliphatic heterocycles. The lowest BCUT2D eigenvalue weighted by atomic mass is 10.2. The molecule has 0 atom stereocenters. The van der Waals surface area contributed by atoms with E-state index in [1.165, 1.54) is 6.20 Å². The van der Waals surface area contributed by atoms with E-state index < -0.39 is 11.8 Å². The first kappa shape index (κ1) is 14.0. The van der Waals surface area contributed by atoms with E-state index in [0.717, 1.165) is 0 Å². The second-order valence-electron chi connectivity index (χ2n) is 3.40. The normalized spacial score (nSPS) is 9.89. The molecule has 0 saturated heterocycles. The maximum absolute atomic E-state index is 11.7. The van der Waals surface area contributed by atoms with Crippen molar-refractivity contribution >= 4 is 11.8 Å². The van der Waals surface area contributed by atoms with E-state index in [-0.39, 0.29) is 12.1 Å². The van der Waals surface area contributed by atoms with Crippen LogP contribution in [-0.4, -0.2) is 18.4 Å². The van der Waals surface area contributed by atoms with Crippen LogP contribution in [0.5, 0.6) is 0 Å². The summed E-state index contributed by atoms with van der Waals surface area (Å²) >= 11 is 0. The molecular formula is C14H11N3O2. The molecule has 0 aromatic heterocycles. The first-order valence-electron chi connectivity index (χ1n) is 5.37. The highest BCUT2D eigenvalue weighted by molar-refractivity contribution is 6.11. The van der Waals surface area contributed by atoms with Crippen molar-refractivity contribution in [3.63, 3.8) is 0 Å². The molecule has 1 aromatic rings. The molecule has 1 aromatic carbocycles. The molecule has 0 unspecified atom stereocenters. The lowest BCUT2D eigenvalue weighted by Gasteiger charge is -2.03. The number of nitriles is 1. The summed E-state index contributed by atoms with van der Waals surface area (Å²) in [5, 5.41) is 13.5. The molecule has 5 nitrogen and oxygen atoms in total. The van der Waals surface area contributed by atoms with Gasteiger partial charge in [-0.1, -0.05) is 24.1 Å². The summed E-state index contributed by atoms with van der Waals surface area (Å²) < 4.78 is 0. The molecule has 2 N–H and O–H groups in total. The van der Waals surface area contributed by atoms with E-state index in [2.05, 4.69) is 16.6 Å². The average Bonchev–Trinajstić information content (AvgIpc) is 2.44. The van der Waals surface area contributed by atoms with Crippen LogP contribution in [0.3, 0.4) is 0 Å². The summed E-state index contributed by atoms with van der Waals surface area (Å²) in [7, 11) is 0. The third-order valence-electron chi connectivity index (χ3n) is 2.08. The third kappa shape index (κ3) is 4.37. The maximum atomic E-state index is 11.7. The first-order valence-corrected chi connectivity index (χ1v) is 5.37. The topological polar surface area (TPSA) is 82.0 Å². The van der Waals surface area contributed by atoms with Gasteiger partial charge in [0.2, 0.25) is 0 Å². The van der Waals surface area contributed by atoms with E-state index in [4.69, 9.17) is 11.7 Å². The van der Waals surface area contributed by atoms with Crippen LogP contribution in [0.25, 0.3) is 0 Å². The van der Waals surface area contributed by atoms with Gasteiger partial charge in [0.25, 0.3) is 11.8 Å². The Morgan fingerprint density at radius 3 is 2.58 bits per heavy atom. The zero-order valence-electron chi connectivity index (χ0n) is 10.0. The van der Waals surface area contributed by atoms with Gasteiger partial charge in [-0.3, -0.25) is 14.9 Å². The lowest BCUT2D eigenvalue weighted by molar-refractivity contribution is -0.116. The molecule has 94 valence electrons. The Bertz CT molecular complexity index is 577. The second kappa shape index (κ2) is 7.31. The van der Waals surface area contributed by atoms with Crippen molar-refractivity contribution in [2.24, 2.45) is 0 Å². The number of nitrogens with one attached hydrogen (secondary N) is 2. The number of carbonyl (C=O) groups excluding carboxylic acids is 2. The van der Waals surface area contributed by atoms with Crippen molar-refractivity contribution < 1.29 is 9.59 Å². The smallest absolute Gasteiger partial charge is 0.270 e. The van der Waals surface area contributed by atoms with E-state index in [0.29, 0.717) is 5.56 Å². The zero-order valence-corrected chi connectivity index (χ0v) is 10.0. The highest BCUT2D eigenvalue weighted by Crippen LogP contribution is 1.99. The molecule has 1 rings (SSSR count). The van der Waals surface area contributed by atoms with Crippen molar-refractivity contribution in [1.29, 1.82) is 5.26 Å². The average molecular weight is 253 g/mol. The summed E-state index contributed by atoms with van der Waals surface area (Å²) in [5.41, 5.74) is 0.115. The molecule has 19 heavy (non-hydrogen) atoms. The molecule has 0 aliphatic carbocycles. The molecule has 0 spiro atoms. The van der Waals surface area contributed by atoms with Crippen LogP contribution >= 0.6 is 0 Å². The van der Waals surface area contributed by atoms with Gasteiger partial charge in [0.1, 0.15) is 11.6 Å². The predicted octanol–water partition coefficient (Wildman–Crippen LogP) is 0.573.